The average Bonchev–Trinajstić information content (AvgIpc) is 2.03. The van der Waals surface area contributed by atoms with Crippen LogP contribution in [0.1, 0.15) is 29.1 Å². The van der Waals surface area contributed by atoms with Gasteiger partial charge in [0.25, 0.3) is 0 Å². The largest absolute Gasteiger partial charge is 1.00 e. The monoisotopic (exact) mass is 278 g/mol. The van der Waals surface area contributed by atoms with Crippen molar-refractivity contribution in [2.75, 3.05) is 19.8 Å². The van der Waals surface area contributed by atoms with E-state index in [2.05, 4.69) is 0 Å². The Morgan fingerprint density at radius 2 is 1.40 bits per heavy atom. The summed E-state index contributed by atoms with van der Waals surface area (Å²) >= 11 is 4.86. The van der Waals surface area contributed by atoms with Crippen LogP contribution in [0.4, 0.5) is 0 Å². The summed E-state index contributed by atoms with van der Waals surface area (Å²) < 4.78 is 21.6. The molecule has 15 heavy (non-hydrogen) atoms. The maximum Gasteiger partial charge on any atom is 1.00 e. The SMILES string of the molecule is CCO[Si](OCC)(OCC)OC(C)=S.[H-].[K+]. The van der Waals surface area contributed by atoms with Crippen molar-refractivity contribution in [3.05, 3.63) is 0 Å². The Labute approximate surface area is 142 Å². The topological polar surface area (TPSA) is 36.9 Å². The van der Waals surface area contributed by atoms with Gasteiger partial charge < -0.3 is 19.1 Å². The van der Waals surface area contributed by atoms with E-state index in [1.165, 1.54) is 0 Å². The molecular weight excluding hydrogens is 259 g/mol. The van der Waals surface area contributed by atoms with Crippen molar-refractivity contribution in [3.8, 4) is 0 Å². The zero-order valence-electron chi connectivity index (χ0n) is 11.2. The van der Waals surface area contributed by atoms with E-state index in [1.54, 1.807) is 6.92 Å². The fourth-order valence-corrected chi connectivity index (χ4v) is 3.07. The van der Waals surface area contributed by atoms with Crippen LogP contribution in [-0.4, -0.2) is 33.9 Å². The van der Waals surface area contributed by atoms with Crippen LogP contribution >= 0.6 is 12.2 Å². The molecule has 4 nitrogen and oxygen atoms in total. The quantitative estimate of drug-likeness (QED) is 0.442. The molecule has 0 atom stereocenters. The molecule has 0 aromatic carbocycles. The molecule has 0 saturated heterocycles. The maximum atomic E-state index is 5.41. The Balaban J connectivity index is -0.000000845. The van der Waals surface area contributed by atoms with Gasteiger partial charge in [0.1, 0.15) is 5.05 Å². The van der Waals surface area contributed by atoms with Gasteiger partial charge in [-0.1, -0.05) is 0 Å². The molecule has 0 bridgehead atoms. The van der Waals surface area contributed by atoms with Crippen LogP contribution in [0.2, 0.25) is 0 Å². The molecule has 0 fully saturated rings. The molecular formula is C8H19KO4SSi. The van der Waals surface area contributed by atoms with Crippen molar-refractivity contribution < 1.29 is 70.5 Å². The van der Waals surface area contributed by atoms with Gasteiger partial charge >= 0.3 is 60.4 Å². The summed E-state index contributed by atoms with van der Waals surface area (Å²) in [5.74, 6) is 0. The molecule has 0 saturated carbocycles. The van der Waals surface area contributed by atoms with Crippen molar-refractivity contribution >= 4 is 26.3 Å². The summed E-state index contributed by atoms with van der Waals surface area (Å²) in [6, 6.07) is 0. The average molecular weight is 278 g/mol. The van der Waals surface area contributed by atoms with E-state index in [0.29, 0.717) is 24.9 Å². The van der Waals surface area contributed by atoms with Gasteiger partial charge in [0, 0.05) is 26.7 Å². The van der Waals surface area contributed by atoms with Crippen LogP contribution in [0.5, 0.6) is 0 Å². The predicted molar refractivity (Wildman–Crippen MR) is 61.1 cm³/mol. The Morgan fingerprint density at radius 1 is 1.07 bits per heavy atom. The Kier molecular flexibility index (Phi) is 13.6. The Morgan fingerprint density at radius 3 is 1.60 bits per heavy atom. The van der Waals surface area contributed by atoms with E-state index >= 15 is 0 Å². The molecule has 0 aliphatic heterocycles. The molecule has 0 aromatic heterocycles. The van der Waals surface area contributed by atoms with E-state index in [0.717, 1.165) is 0 Å². The second-order valence-corrected chi connectivity index (χ2v) is 5.04. The van der Waals surface area contributed by atoms with Gasteiger partial charge in [0.2, 0.25) is 0 Å². The molecule has 0 amide bonds. The fourth-order valence-electron chi connectivity index (χ4n) is 0.920. The van der Waals surface area contributed by atoms with Crippen LogP contribution in [0, 0.1) is 0 Å². The number of hydrogen-bond acceptors (Lipinski definition) is 5. The van der Waals surface area contributed by atoms with Gasteiger partial charge in [-0.25, -0.2) is 0 Å². The minimum absolute atomic E-state index is 0. The second-order valence-electron chi connectivity index (χ2n) is 2.39. The molecule has 86 valence electrons. The third kappa shape index (κ3) is 8.36. The Bertz CT molecular complexity index is 170. The Hall–Kier alpha value is 1.62. The van der Waals surface area contributed by atoms with Crippen LogP contribution < -0.4 is 51.4 Å². The van der Waals surface area contributed by atoms with Crippen molar-refractivity contribution in [2.45, 2.75) is 27.7 Å². The van der Waals surface area contributed by atoms with Crippen LogP contribution in [0.15, 0.2) is 0 Å². The third-order valence-corrected chi connectivity index (χ3v) is 3.95. The van der Waals surface area contributed by atoms with Crippen molar-refractivity contribution in [2.24, 2.45) is 0 Å². The zero-order chi connectivity index (χ0) is 11.0. The summed E-state index contributed by atoms with van der Waals surface area (Å²) in [5.41, 5.74) is 0. The smallest absolute Gasteiger partial charge is 1.00 e. The summed E-state index contributed by atoms with van der Waals surface area (Å²) in [6.45, 7) is 8.71. The van der Waals surface area contributed by atoms with Gasteiger partial charge in [-0.05, 0) is 33.0 Å². The van der Waals surface area contributed by atoms with Gasteiger partial charge in [0.05, 0.1) is 0 Å². The number of rotatable bonds is 7. The minimum atomic E-state index is -3.00. The normalized spacial score (nSPS) is 10.7. The van der Waals surface area contributed by atoms with E-state index in [1.807, 2.05) is 20.8 Å². The van der Waals surface area contributed by atoms with Crippen LogP contribution in [-0.2, 0) is 17.7 Å². The predicted octanol–water partition coefficient (Wildman–Crippen LogP) is -0.988. The first-order valence-electron chi connectivity index (χ1n) is 4.71. The van der Waals surface area contributed by atoms with E-state index in [9.17, 15) is 0 Å². The van der Waals surface area contributed by atoms with Gasteiger partial charge in [-0.2, -0.15) is 0 Å². The maximum absolute atomic E-state index is 5.41. The van der Waals surface area contributed by atoms with Crippen LogP contribution in [0.25, 0.3) is 0 Å². The molecule has 0 aliphatic carbocycles. The van der Waals surface area contributed by atoms with Crippen molar-refractivity contribution in [3.63, 3.8) is 0 Å². The molecule has 0 rings (SSSR count). The number of thiocarbonyl (C=S) groups is 1. The summed E-state index contributed by atoms with van der Waals surface area (Å²) in [6.07, 6.45) is 0. The molecule has 0 unspecified atom stereocenters. The summed E-state index contributed by atoms with van der Waals surface area (Å²) in [7, 11) is -3.00. The molecule has 0 aliphatic rings. The first-order valence-corrected chi connectivity index (χ1v) is 6.75. The molecule has 0 aromatic rings. The van der Waals surface area contributed by atoms with E-state index < -0.39 is 9.05 Å². The van der Waals surface area contributed by atoms with E-state index in [4.69, 9.17) is 29.9 Å². The molecule has 0 N–H and O–H groups in total. The third-order valence-electron chi connectivity index (χ3n) is 1.23. The van der Waals surface area contributed by atoms with Gasteiger partial charge in [-0.15, -0.1) is 0 Å². The summed E-state index contributed by atoms with van der Waals surface area (Å²) in [5, 5.41) is 0.381. The fraction of sp³-hybridized carbons (Fsp3) is 0.875. The molecule has 7 heteroatoms. The minimum Gasteiger partial charge on any atom is -1.00 e. The number of hydrogen-bond donors (Lipinski definition) is 0. The standard InChI is InChI=1S/C8H18O4SSi.K.H/c1-5-9-14(10-6-2,11-7-3)12-8(4)13;;/h5-7H2,1-4H3;;/q;+1;-1. The molecule has 0 radical (unpaired) electrons. The molecule has 0 heterocycles. The first kappa shape index (κ1) is 19.0. The molecule has 0 spiro atoms. The summed E-state index contributed by atoms with van der Waals surface area (Å²) in [4.78, 5) is 0. The zero-order valence-corrected chi connectivity index (χ0v) is 15.1. The van der Waals surface area contributed by atoms with Gasteiger partial charge in [0.15, 0.2) is 0 Å². The van der Waals surface area contributed by atoms with E-state index in [-0.39, 0.29) is 52.8 Å². The van der Waals surface area contributed by atoms with Crippen LogP contribution in [0.3, 0.4) is 0 Å². The van der Waals surface area contributed by atoms with Gasteiger partial charge in [-0.3, -0.25) is 0 Å². The van der Waals surface area contributed by atoms with Crippen molar-refractivity contribution in [1.29, 1.82) is 0 Å². The van der Waals surface area contributed by atoms with Crippen molar-refractivity contribution in [1.82, 2.24) is 0 Å². The first-order chi connectivity index (χ1) is 6.60. The second kappa shape index (κ2) is 10.8.